The molecule has 0 saturated heterocycles. The Morgan fingerprint density at radius 3 is 2.26 bits per heavy atom. The number of alkyl halides is 6. The fraction of sp³-hybridized carbons (Fsp3) is 0.500. The highest BCUT2D eigenvalue weighted by atomic mass is 19.4. The molecule has 0 aliphatic heterocycles. The predicted molar refractivity (Wildman–Crippen MR) is 62.8 cm³/mol. The predicted octanol–water partition coefficient (Wildman–Crippen LogP) is 3.11. The molecule has 0 saturated carbocycles. The van der Waals surface area contributed by atoms with Crippen LogP contribution in [-0.2, 0) is 22.1 Å². The van der Waals surface area contributed by atoms with Crippen molar-refractivity contribution in [3.05, 3.63) is 17.3 Å². The summed E-state index contributed by atoms with van der Waals surface area (Å²) in [5.74, 6) is -3.13. The van der Waals surface area contributed by atoms with Crippen molar-refractivity contribution in [3.8, 4) is 11.6 Å². The van der Waals surface area contributed by atoms with Crippen LogP contribution in [0.2, 0.25) is 0 Å². The summed E-state index contributed by atoms with van der Waals surface area (Å²) in [4.78, 5) is 14.4. The minimum atomic E-state index is -5.27. The zero-order chi connectivity index (χ0) is 17.8. The molecule has 11 heteroatoms. The Morgan fingerprint density at radius 2 is 1.83 bits per heavy atom. The van der Waals surface area contributed by atoms with E-state index in [2.05, 4.69) is 19.2 Å². The minimum Gasteiger partial charge on any atom is -0.481 e. The molecule has 1 aromatic heterocycles. The van der Waals surface area contributed by atoms with Gasteiger partial charge in [-0.1, -0.05) is 0 Å². The van der Waals surface area contributed by atoms with Crippen LogP contribution in [0.15, 0.2) is 6.07 Å². The van der Waals surface area contributed by atoms with Gasteiger partial charge in [0.25, 0.3) is 0 Å². The number of halogens is 6. The Kier molecular flexibility index (Phi) is 5.67. The van der Waals surface area contributed by atoms with Gasteiger partial charge < -0.3 is 14.2 Å². The van der Waals surface area contributed by atoms with Crippen LogP contribution >= 0.6 is 0 Å². The van der Waals surface area contributed by atoms with Gasteiger partial charge in [0.15, 0.2) is 5.69 Å². The molecule has 0 spiro atoms. The van der Waals surface area contributed by atoms with E-state index in [1.807, 2.05) is 0 Å². The highest BCUT2D eigenvalue weighted by molar-refractivity contribution is 5.74. The van der Waals surface area contributed by atoms with E-state index in [0.29, 0.717) is 6.07 Å². The molecule has 5 nitrogen and oxygen atoms in total. The fourth-order valence-electron chi connectivity index (χ4n) is 1.61. The van der Waals surface area contributed by atoms with Crippen molar-refractivity contribution in [2.45, 2.75) is 25.9 Å². The van der Waals surface area contributed by atoms with Crippen LogP contribution in [0.5, 0.6) is 11.6 Å². The van der Waals surface area contributed by atoms with Crippen molar-refractivity contribution < 1.29 is 45.3 Å². The van der Waals surface area contributed by atoms with Crippen LogP contribution in [0.1, 0.15) is 18.2 Å². The Hall–Kier alpha value is -2.20. The number of carbonyl (C=O) groups is 1. The second kappa shape index (κ2) is 6.92. The SMILES string of the molecule is CCOC(=O)Cc1c(OC(F)(F)F)cc(OC)nc1C(F)(F)F. The summed E-state index contributed by atoms with van der Waals surface area (Å²) in [6, 6.07) is 0.511. The number of carbonyl (C=O) groups excluding carboxylic acids is 1. The first-order valence-electron chi connectivity index (χ1n) is 6.04. The molecule has 1 aromatic rings. The van der Waals surface area contributed by atoms with Crippen molar-refractivity contribution in [2.75, 3.05) is 13.7 Å². The maximum atomic E-state index is 13.0. The number of esters is 1. The average Bonchev–Trinajstić information content (AvgIpc) is 2.37. The van der Waals surface area contributed by atoms with Crippen LogP contribution in [0.3, 0.4) is 0 Å². The van der Waals surface area contributed by atoms with Gasteiger partial charge in [-0.15, -0.1) is 13.2 Å². The lowest BCUT2D eigenvalue weighted by Gasteiger charge is -2.18. The van der Waals surface area contributed by atoms with Crippen molar-refractivity contribution >= 4 is 5.97 Å². The van der Waals surface area contributed by atoms with E-state index in [0.717, 1.165) is 7.11 Å². The Balaban J connectivity index is 3.47. The van der Waals surface area contributed by atoms with Crippen molar-refractivity contribution in [3.63, 3.8) is 0 Å². The van der Waals surface area contributed by atoms with E-state index >= 15 is 0 Å². The van der Waals surface area contributed by atoms with Crippen molar-refractivity contribution in [2.24, 2.45) is 0 Å². The van der Waals surface area contributed by atoms with Gasteiger partial charge in [0.2, 0.25) is 5.88 Å². The molecule has 0 radical (unpaired) electrons. The number of pyridine rings is 1. The second-order valence-corrected chi connectivity index (χ2v) is 4.02. The number of hydrogen-bond donors (Lipinski definition) is 0. The molecule has 0 aliphatic carbocycles. The summed E-state index contributed by atoms with van der Waals surface area (Å²) in [6.45, 7) is 1.24. The van der Waals surface area contributed by atoms with Crippen molar-refractivity contribution in [1.29, 1.82) is 0 Å². The molecule has 0 aromatic carbocycles. The molecule has 0 bridgehead atoms. The molecule has 0 fully saturated rings. The van der Waals surface area contributed by atoms with Gasteiger partial charge in [-0.05, 0) is 6.92 Å². The number of aromatic nitrogens is 1. The monoisotopic (exact) mass is 347 g/mol. The van der Waals surface area contributed by atoms with Gasteiger partial charge in [0.05, 0.1) is 20.1 Å². The molecular formula is C12H11F6NO4. The normalized spacial score (nSPS) is 12.0. The van der Waals surface area contributed by atoms with E-state index in [1.54, 1.807) is 0 Å². The lowest BCUT2D eigenvalue weighted by atomic mass is 10.1. The highest BCUT2D eigenvalue weighted by Crippen LogP contribution is 2.39. The van der Waals surface area contributed by atoms with Crippen LogP contribution in [0.4, 0.5) is 26.3 Å². The van der Waals surface area contributed by atoms with E-state index in [1.165, 1.54) is 6.92 Å². The Labute approximate surface area is 126 Å². The highest BCUT2D eigenvalue weighted by Gasteiger charge is 2.41. The average molecular weight is 347 g/mol. The molecule has 0 aliphatic rings. The van der Waals surface area contributed by atoms with E-state index in [-0.39, 0.29) is 6.61 Å². The third kappa shape index (κ3) is 5.49. The van der Waals surface area contributed by atoms with Gasteiger partial charge >= 0.3 is 18.5 Å². The number of nitrogens with zero attached hydrogens (tertiary/aromatic N) is 1. The van der Waals surface area contributed by atoms with Gasteiger partial charge in [-0.3, -0.25) is 4.79 Å². The zero-order valence-electron chi connectivity index (χ0n) is 11.8. The van der Waals surface area contributed by atoms with Gasteiger partial charge in [0.1, 0.15) is 5.75 Å². The molecule has 1 heterocycles. The van der Waals surface area contributed by atoms with E-state index in [4.69, 9.17) is 0 Å². The number of hydrogen-bond acceptors (Lipinski definition) is 5. The van der Waals surface area contributed by atoms with Crippen LogP contribution < -0.4 is 9.47 Å². The number of methoxy groups -OCH3 is 1. The van der Waals surface area contributed by atoms with Gasteiger partial charge in [-0.25, -0.2) is 4.98 Å². The third-order valence-corrected chi connectivity index (χ3v) is 2.39. The molecule has 130 valence electrons. The maximum Gasteiger partial charge on any atom is 0.573 e. The Bertz CT molecular complexity index is 570. The van der Waals surface area contributed by atoms with Crippen LogP contribution in [0, 0.1) is 0 Å². The summed E-state index contributed by atoms with van der Waals surface area (Å²) in [5.41, 5.74) is -2.81. The Morgan fingerprint density at radius 1 is 1.22 bits per heavy atom. The number of ether oxygens (including phenoxy) is 3. The van der Waals surface area contributed by atoms with Gasteiger partial charge in [-0.2, -0.15) is 13.2 Å². The first-order chi connectivity index (χ1) is 10.5. The summed E-state index contributed by atoms with van der Waals surface area (Å²) >= 11 is 0. The quantitative estimate of drug-likeness (QED) is 0.605. The minimum absolute atomic E-state index is 0.154. The zero-order valence-corrected chi connectivity index (χ0v) is 11.8. The molecule has 0 N–H and O–H groups in total. The lowest BCUT2D eigenvalue weighted by molar-refractivity contribution is -0.275. The standard InChI is InChI=1S/C12H11F6NO4/c1-3-22-9(20)4-6-7(23-12(16,17)18)5-8(21-2)19-10(6)11(13,14)15/h5H,3-4H2,1-2H3. The third-order valence-electron chi connectivity index (χ3n) is 2.39. The van der Waals surface area contributed by atoms with Crippen molar-refractivity contribution in [1.82, 2.24) is 4.98 Å². The number of rotatable bonds is 5. The summed E-state index contributed by atoms with van der Waals surface area (Å²) in [5, 5.41) is 0. The molecule has 0 unspecified atom stereocenters. The molecule has 0 atom stereocenters. The maximum absolute atomic E-state index is 13.0. The first-order valence-corrected chi connectivity index (χ1v) is 6.04. The molecule has 23 heavy (non-hydrogen) atoms. The molecule has 1 rings (SSSR count). The first kappa shape index (κ1) is 18.8. The largest absolute Gasteiger partial charge is 0.573 e. The van der Waals surface area contributed by atoms with E-state index in [9.17, 15) is 31.1 Å². The summed E-state index contributed by atoms with van der Waals surface area (Å²) in [7, 11) is 0.922. The summed E-state index contributed by atoms with van der Waals surface area (Å²) in [6.07, 6.45) is -11.5. The fourth-order valence-corrected chi connectivity index (χ4v) is 1.61. The smallest absolute Gasteiger partial charge is 0.481 e. The van der Waals surface area contributed by atoms with Gasteiger partial charge in [0, 0.05) is 11.6 Å². The summed E-state index contributed by atoms with van der Waals surface area (Å²) < 4.78 is 88.6. The van der Waals surface area contributed by atoms with Crippen LogP contribution in [0.25, 0.3) is 0 Å². The second-order valence-electron chi connectivity index (χ2n) is 4.02. The topological polar surface area (TPSA) is 57.7 Å². The molecular weight excluding hydrogens is 336 g/mol. The molecule has 0 amide bonds. The van der Waals surface area contributed by atoms with E-state index < -0.39 is 47.8 Å². The van der Waals surface area contributed by atoms with Crippen LogP contribution in [-0.4, -0.2) is 31.0 Å². The lowest BCUT2D eigenvalue weighted by Crippen LogP contribution is -2.22.